The highest BCUT2D eigenvalue weighted by molar-refractivity contribution is 5.92. The van der Waals surface area contributed by atoms with Crippen molar-refractivity contribution < 1.29 is 9.18 Å². The summed E-state index contributed by atoms with van der Waals surface area (Å²) < 4.78 is 13.8. The van der Waals surface area contributed by atoms with Gasteiger partial charge in [-0.25, -0.2) is 9.37 Å². The molecule has 1 N–H and O–H groups in total. The molecule has 154 valence electrons. The minimum absolute atomic E-state index is 0.00858. The van der Waals surface area contributed by atoms with Crippen LogP contribution in [0.2, 0.25) is 0 Å². The summed E-state index contributed by atoms with van der Waals surface area (Å²) in [6.45, 7) is 0. The zero-order chi connectivity index (χ0) is 21.4. The molecule has 1 aromatic carbocycles. The maximum Gasteiger partial charge on any atom is 0.225 e. The SMILES string of the molecule is C#Cc1ccc(NC(=O)C[C@H]2C[C@@H]3CC(c4ccnc5ccc(F)cc45)=C[C@@H]3C2)nc1. The summed E-state index contributed by atoms with van der Waals surface area (Å²) in [7, 11) is 0. The second kappa shape index (κ2) is 7.96. The van der Waals surface area contributed by atoms with Gasteiger partial charge in [-0.15, -0.1) is 6.42 Å². The highest BCUT2D eigenvalue weighted by Gasteiger charge is 2.38. The molecule has 2 aliphatic carbocycles. The van der Waals surface area contributed by atoms with E-state index in [0.717, 1.165) is 35.7 Å². The summed E-state index contributed by atoms with van der Waals surface area (Å²) in [4.78, 5) is 21.0. The van der Waals surface area contributed by atoms with Crippen molar-refractivity contribution in [3.63, 3.8) is 0 Å². The number of aromatic nitrogens is 2. The van der Waals surface area contributed by atoms with E-state index in [-0.39, 0.29) is 11.7 Å². The number of nitrogens with one attached hydrogen (secondary N) is 1. The van der Waals surface area contributed by atoms with Crippen LogP contribution in [-0.4, -0.2) is 15.9 Å². The molecule has 2 heterocycles. The fourth-order valence-electron chi connectivity index (χ4n) is 5.10. The summed E-state index contributed by atoms with van der Waals surface area (Å²) in [5.74, 6) is 4.17. The first-order valence-electron chi connectivity index (χ1n) is 10.6. The van der Waals surface area contributed by atoms with E-state index in [9.17, 15) is 9.18 Å². The molecule has 31 heavy (non-hydrogen) atoms. The predicted molar refractivity (Wildman–Crippen MR) is 119 cm³/mol. The smallest absolute Gasteiger partial charge is 0.225 e. The quantitative estimate of drug-likeness (QED) is 0.600. The largest absolute Gasteiger partial charge is 0.311 e. The molecule has 0 bridgehead atoms. The number of terminal acetylenes is 1. The van der Waals surface area contributed by atoms with Gasteiger partial charge in [0, 0.05) is 29.8 Å². The molecule has 1 fully saturated rings. The van der Waals surface area contributed by atoms with Gasteiger partial charge in [0.1, 0.15) is 11.6 Å². The second-order valence-electron chi connectivity index (χ2n) is 8.51. The number of anilines is 1. The van der Waals surface area contributed by atoms with Crippen molar-refractivity contribution >= 4 is 28.2 Å². The molecular formula is C26H22FN3O. The number of allylic oxidation sites excluding steroid dienone is 2. The number of carbonyl (C=O) groups excluding carboxylic acids is 1. The molecular weight excluding hydrogens is 389 g/mol. The van der Waals surface area contributed by atoms with Crippen molar-refractivity contribution in [2.75, 3.05) is 5.32 Å². The fourth-order valence-corrected chi connectivity index (χ4v) is 5.10. The van der Waals surface area contributed by atoms with Gasteiger partial charge in [0.2, 0.25) is 5.91 Å². The maximum absolute atomic E-state index is 13.8. The van der Waals surface area contributed by atoms with Gasteiger partial charge in [-0.05, 0) is 84.6 Å². The van der Waals surface area contributed by atoms with E-state index in [1.165, 1.54) is 11.6 Å². The van der Waals surface area contributed by atoms with Crippen molar-refractivity contribution in [1.82, 2.24) is 9.97 Å². The van der Waals surface area contributed by atoms with Gasteiger partial charge in [0.05, 0.1) is 5.52 Å². The molecule has 2 aromatic heterocycles. The van der Waals surface area contributed by atoms with E-state index >= 15 is 0 Å². The van der Waals surface area contributed by atoms with Gasteiger partial charge in [0.25, 0.3) is 0 Å². The molecule has 5 heteroatoms. The van der Waals surface area contributed by atoms with Gasteiger partial charge in [-0.2, -0.15) is 0 Å². The number of amides is 1. The van der Waals surface area contributed by atoms with Crippen molar-refractivity contribution in [2.24, 2.45) is 17.8 Å². The van der Waals surface area contributed by atoms with Crippen LogP contribution in [0.25, 0.3) is 16.5 Å². The zero-order valence-electron chi connectivity index (χ0n) is 17.0. The van der Waals surface area contributed by atoms with E-state index in [4.69, 9.17) is 6.42 Å². The summed E-state index contributed by atoms with van der Waals surface area (Å²) in [5, 5.41) is 3.74. The van der Waals surface area contributed by atoms with Crippen molar-refractivity contribution in [2.45, 2.75) is 25.7 Å². The van der Waals surface area contributed by atoms with Crippen molar-refractivity contribution in [3.8, 4) is 12.3 Å². The Bertz CT molecular complexity index is 1230. The molecule has 1 amide bonds. The topological polar surface area (TPSA) is 54.9 Å². The normalized spacial score (nSPS) is 22.1. The lowest BCUT2D eigenvalue weighted by atomic mass is 9.94. The van der Waals surface area contributed by atoms with Crippen LogP contribution in [0.3, 0.4) is 0 Å². The molecule has 3 atom stereocenters. The molecule has 0 saturated heterocycles. The molecule has 0 unspecified atom stereocenters. The van der Waals surface area contributed by atoms with E-state index in [2.05, 4.69) is 27.3 Å². The van der Waals surface area contributed by atoms with Crippen molar-refractivity contribution in [1.29, 1.82) is 0 Å². The molecule has 3 aromatic rings. The first-order chi connectivity index (χ1) is 15.1. The number of fused-ring (bicyclic) bond motifs is 2. The molecule has 2 aliphatic rings. The highest BCUT2D eigenvalue weighted by Crippen LogP contribution is 2.49. The molecule has 1 saturated carbocycles. The van der Waals surface area contributed by atoms with Crippen LogP contribution < -0.4 is 5.32 Å². The van der Waals surface area contributed by atoms with Crippen LogP contribution in [0, 0.1) is 35.9 Å². The Balaban J connectivity index is 1.24. The minimum Gasteiger partial charge on any atom is -0.311 e. The number of hydrogen-bond donors (Lipinski definition) is 1. The Morgan fingerprint density at radius 3 is 2.87 bits per heavy atom. The second-order valence-corrected chi connectivity index (χ2v) is 8.51. The Kier molecular flexibility index (Phi) is 4.99. The van der Waals surface area contributed by atoms with Gasteiger partial charge >= 0.3 is 0 Å². The van der Waals surface area contributed by atoms with E-state index in [0.29, 0.717) is 35.6 Å². The lowest BCUT2D eigenvalue weighted by Gasteiger charge is -2.13. The van der Waals surface area contributed by atoms with E-state index < -0.39 is 0 Å². The average Bonchev–Trinajstić information content (AvgIpc) is 3.32. The number of nitrogens with zero attached hydrogens (tertiary/aromatic N) is 2. The third-order valence-electron chi connectivity index (χ3n) is 6.47. The van der Waals surface area contributed by atoms with Crippen LogP contribution >= 0.6 is 0 Å². The molecule has 5 rings (SSSR count). The van der Waals surface area contributed by atoms with Crippen LogP contribution in [0.1, 0.15) is 36.8 Å². The molecule has 0 aliphatic heterocycles. The first-order valence-corrected chi connectivity index (χ1v) is 10.6. The number of halogens is 1. The summed E-state index contributed by atoms with van der Waals surface area (Å²) in [6, 6.07) is 10.2. The molecule has 0 radical (unpaired) electrons. The van der Waals surface area contributed by atoms with Crippen LogP contribution in [0.5, 0.6) is 0 Å². The number of rotatable bonds is 4. The Labute approximate surface area is 180 Å². The lowest BCUT2D eigenvalue weighted by Crippen LogP contribution is -2.16. The Morgan fingerprint density at radius 2 is 2.10 bits per heavy atom. The third-order valence-corrected chi connectivity index (χ3v) is 6.47. The lowest BCUT2D eigenvalue weighted by molar-refractivity contribution is -0.117. The van der Waals surface area contributed by atoms with E-state index in [1.54, 1.807) is 36.7 Å². The van der Waals surface area contributed by atoms with Gasteiger partial charge < -0.3 is 5.32 Å². The standard InChI is InChI=1S/C26H22FN3O/c1-2-16-3-6-25(29-15-16)30-26(31)11-17-9-18-12-20(13-19(18)10-17)22-7-8-28-24-5-4-21(27)14-23(22)24/h1,3-8,12,14-15,17-19H,9-11,13H2,(H,29,30,31)/t17-,18+,19-/m1/s1. The molecule has 4 nitrogen and oxygen atoms in total. The van der Waals surface area contributed by atoms with Gasteiger partial charge in [0.15, 0.2) is 0 Å². The third kappa shape index (κ3) is 3.94. The van der Waals surface area contributed by atoms with Crippen LogP contribution in [0.4, 0.5) is 10.2 Å². The minimum atomic E-state index is -0.241. The first kappa shape index (κ1) is 19.4. The van der Waals surface area contributed by atoms with Gasteiger partial charge in [-0.3, -0.25) is 9.78 Å². The number of hydrogen-bond acceptors (Lipinski definition) is 3. The summed E-state index contributed by atoms with van der Waals surface area (Å²) in [6.07, 6.45) is 14.5. The highest BCUT2D eigenvalue weighted by atomic mass is 19.1. The number of pyridine rings is 2. The van der Waals surface area contributed by atoms with Gasteiger partial charge in [-0.1, -0.05) is 12.0 Å². The zero-order valence-corrected chi connectivity index (χ0v) is 17.0. The number of benzene rings is 1. The van der Waals surface area contributed by atoms with Crippen LogP contribution in [0.15, 0.2) is 54.9 Å². The summed E-state index contributed by atoms with van der Waals surface area (Å²) >= 11 is 0. The van der Waals surface area contributed by atoms with Crippen molar-refractivity contribution in [3.05, 3.63) is 71.8 Å². The number of carbonyl (C=O) groups is 1. The fraction of sp³-hybridized carbons (Fsp3) is 0.269. The van der Waals surface area contributed by atoms with E-state index in [1.807, 2.05) is 6.07 Å². The average molecular weight is 411 g/mol. The van der Waals surface area contributed by atoms with Crippen LogP contribution in [-0.2, 0) is 4.79 Å². The Hall–Kier alpha value is -3.52. The Morgan fingerprint density at radius 1 is 1.19 bits per heavy atom. The monoisotopic (exact) mass is 411 g/mol. The molecule has 0 spiro atoms. The predicted octanol–water partition coefficient (Wildman–Crippen LogP) is 5.21. The maximum atomic E-state index is 13.8. The summed E-state index contributed by atoms with van der Waals surface area (Å²) in [5.41, 5.74) is 3.85.